The molecule has 1 amide bonds. The third-order valence-electron chi connectivity index (χ3n) is 4.49. The molecule has 3 rings (SSSR count). The second-order valence-corrected chi connectivity index (χ2v) is 9.27. The van der Waals surface area contributed by atoms with Gasteiger partial charge in [0.2, 0.25) is 10.0 Å². The lowest BCUT2D eigenvalue weighted by molar-refractivity contribution is -0.124. The Morgan fingerprint density at radius 2 is 1.84 bits per heavy atom. The van der Waals surface area contributed by atoms with Crippen LogP contribution in [0.4, 0.5) is 0 Å². The Bertz CT molecular complexity index is 1180. The SMILES string of the molecule is CN(Cc1ccccc1)S(=O)(=O)c1ccc(Cl)c(C(=O)OCC(=O)NCc2ccco2)c1. The van der Waals surface area contributed by atoms with E-state index in [1.807, 2.05) is 30.3 Å². The Hall–Kier alpha value is -3.14. The summed E-state index contributed by atoms with van der Waals surface area (Å²) in [5, 5.41) is 2.54. The summed E-state index contributed by atoms with van der Waals surface area (Å²) in [5.74, 6) is -0.909. The standard InChI is InChI=1S/C22H21ClN2O6S/c1-25(14-16-6-3-2-4-7-16)32(28,29)18-9-10-20(23)19(12-18)22(27)31-15-21(26)24-13-17-8-5-11-30-17/h2-12H,13-15H2,1H3,(H,24,26). The summed E-state index contributed by atoms with van der Waals surface area (Å²) in [5.41, 5.74) is 0.660. The van der Waals surface area contributed by atoms with Gasteiger partial charge in [0, 0.05) is 13.6 Å². The molecule has 0 atom stereocenters. The number of hydrogen-bond acceptors (Lipinski definition) is 6. The van der Waals surface area contributed by atoms with Crippen molar-refractivity contribution in [1.29, 1.82) is 0 Å². The fourth-order valence-electron chi connectivity index (χ4n) is 2.79. The summed E-state index contributed by atoms with van der Waals surface area (Å²) in [6.07, 6.45) is 1.47. The molecule has 0 saturated carbocycles. The zero-order chi connectivity index (χ0) is 23.1. The highest BCUT2D eigenvalue weighted by Crippen LogP contribution is 2.24. The highest BCUT2D eigenvalue weighted by Gasteiger charge is 2.24. The zero-order valence-electron chi connectivity index (χ0n) is 17.2. The number of carbonyl (C=O) groups is 2. The number of carbonyl (C=O) groups excluding carboxylic acids is 2. The first-order valence-corrected chi connectivity index (χ1v) is 11.3. The molecule has 168 valence electrons. The number of halogens is 1. The van der Waals surface area contributed by atoms with E-state index in [2.05, 4.69) is 5.32 Å². The van der Waals surface area contributed by atoms with Gasteiger partial charge in [-0.25, -0.2) is 13.2 Å². The number of nitrogens with one attached hydrogen (secondary N) is 1. The Labute approximate surface area is 190 Å². The molecule has 0 radical (unpaired) electrons. The van der Waals surface area contributed by atoms with E-state index in [0.717, 1.165) is 11.6 Å². The minimum Gasteiger partial charge on any atom is -0.467 e. The summed E-state index contributed by atoms with van der Waals surface area (Å²) in [6.45, 7) is -0.256. The maximum Gasteiger partial charge on any atom is 0.340 e. The fraction of sp³-hybridized carbons (Fsp3) is 0.182. The smallest absolute Gasteiger partial charge is 0.340 e. The van der Waals surface area contributed by atoms with Gasteiger partial charge in [0.15, 0.2) is 6.61 Å². The van der Waals surface area contributed by atoms with Crippen LogP contribution in [0.3, 0.4) is 0 Å². The van der Waals surface area contributed by atoms with Crippen molar-refractivity contribution >= 4 is 33.5 Å². The second-order valence-electron chi connectivity index (χ2n) is 6.82. The first kappa shape index (κ1) is 23.5. The molecule has 1 heterocycles. The highest BCUT2D eigenvalue weighted by atomic mass is 35.5. The monoisotopic (exact) mass is 476 g/mol. The molecule has 10 heteroatoms. The number of esters is 1. The van der Waals surface area contributed by atoms with E-state index in [0.29, 0.717) is 5.76 Å². The predicted octanol–water partition coefficient (Wildman–Crippen LogP) is 3.23. The predicted molar refractivity (Wildman–Crippen MR) is 117 cm³/mol. The number of nitrogens with zero attached hydrogens (tertiary/aromatic N) is 1. The molecule has 0 bridgehead atoms. The van der Waals surface area contributed by atoms with E-state index in [1.54, 1.807) is 12.1 Å². The first-order chi connectivity index (χ1) is 15.3. The van der Waals surface area contributed by atoms with Crippen molar-refractivity contribution in [3.05, 3.63) is 88.8 Å². The Morgan fingerprint density at radius 1 is 1.09 bits per heavy atom. The molecule has 0 aliphatic carbocycles. The van der Waals surface area contributed by atoms with Crippen LogP contribution < -0.4 is 5.32 Å². The van der Waals surface area contributed by atoms with Crippen molar-refractivity contribution in [2.75, 3.05) is 13.7 Å². The van der Waals surface area contributed by atoms with E-state index >= 15 is 0 Å². The average Bonchev–Trinajstić information content (AvgIpc) is 3.30. The lowest BCUT2D eigenvalue weighted by Crippen LogP contribution is -2.28. The Kier molecular flexibility index (Phi) is 7.68. The quantitative estimate of drug-likeness (QED) is 0.475. The van der Waals surface area contributed by atoms with Crippen LogP contribution in [0.25, 0.3) is 0 Å². The second kappa shape index (κ2) is 10.4. The number of rotatable bonds is 9. The van der Waals surface area contributed by atoms with Crippen LogP contribution in [-0.2, 0) is 32.6 Å². The Balaban J connectivity index is 1.66. The normalized spacial score (nSPS) is 11.3. The summed E-state index contributed by atoms with van der Waals surface area (Å²) in [4.78, 5) is 24.2. The van der Waals surface area contributed by atoms with Gasteiger partial charge in [-0.2, -0.15) is 4.31 Å². The van der Waals surface area contributed by atoms with Gasteiger partial charge in [-0.05, 0) is 35.9 Å². The number of hydrogen-bond donors (Lipinski definition) is 1. The topological polar surface area (TPSA) is 106 Å². The van der Waals surface area contributed by atoms with Gasteiger partial charge in [-0.15, -0.1) is 0 Å². The van der Waals surface area contributed by atoms with Gasteiger partial charge in [0.1, 0.15) is 5.76 Å². The van der Waals surface area contributed by atoms with Gasteiger partial charge < -0.3 is 14.5 Å². The van der Waals surface area contributed by atoms with Crippen LogP contribution in [0.2, 0.25) is 5.02 Å². The molecule has 0 saturated heterocycles. The number of sulfonamides is 1. The molecule has 0 spiro atoms. The molecular weight excluding hydrogens is 456 g/mol. The molecule has 0 fully saturated rings. The van der Waals surface area contributed by atoms with E-state index in [-0.39, 0.29) is 28.6 Å². The van der Waals surface area contributed by atoms with Gasteiger partial charge in [0.05, 0.1) is 28.3 Å². The van der Waals surface area contributed by atoms with Crippen molar-refractivity contribution in [2.24, 2.45) is 0 Å². The van der Waals surface area contributed by atoms with Crippen LogP contribution in [0.5, 0.6) is 0 Å². The zero-order valence-corrected chi connectivity index (χ0v) is 18.7. The first-order valence-electron chi connectivity index (χ1n) is 9.53. The van der Waals surface area contributed by atoms with Crippen LogP contribution in [-0.4, -0.2) is 38.3 Å². The van der Waals surface area contributed by atoms with Crippen LogP contribution in [0, 0.1) is 0 Å². The summed E-state index contributed by atoms with van der Waals surface area (Å²) < 4.78 is 37.1. The highest BCUT2D eigenvalue weighted by molar-refractivity contribution is 7.89. The molecule has 3 aromatic rings. The molecule has 1 N–H and O–H groups in total. The van der Waals surface area contributed by atoms with E-state index in [1.165, 1.54) is 29.7 Å². The number of benzene rings is 2. The van der Waals surface area contributed by atoms with Gasteiger partial charge in [-0.3, -0.25) is 4.79 Å². The van der Waals surface area contributed by atoms with Crippen molar-refractivity contribution < 1.29 is 27.2 Å². The molecule has 32 heavy (non-hydrogen) atoms. The molecule has 0 unspecified atom stereocenters. The fourth-order valence-corrected chi connectivity index (χ4v) is 4.17. The molecule has 2 aromatic carbocycles. The van der Waals surface area contributed by atoms with Gasteiger partial charge >= 0.3 is 5.97 Å². The third kappa shape index (κ3) is 5.97. The van der Waals surface area contributed by atoms with Gasteiger partial charge in [0.25, 0.3) is 5.91 Å². The maximum absolute atomic E-state index is 12.9. The number of amides is 1. The van der Waals surface area contributed by atoms with Crippen LogP contribution in [0.1, 0.15) is 21.7 Å². The minimum atomic E-state index is -3.90. The third-order valence-corrected chi connectivity index (χ3v) is 6.62. The van der Waals surface area contributed by atoms with Gasteiger partial charge in [-0.1, -0.05) is 41.9 Å². The summed E-state index contributed by atoms with van der Waals surface area (Å²) >= 11 is 6.07. The van der Waals surface area contributed by atoms with Crippen LogP contribution >= 0.6 is 11.6 Å². The van der Waals surface area contributed by atoms with Crippen molar-refractivity contribution in [1.82, 2.24) is 9.62 Å². The minimum absolute atomic E-state index is 0.00987. The molecular formula is C22H21ClN2O6S. The molecule has 0 aliphatic heterocycles. The average molecular weight is 477 g/mol. The van der Waals surface area contributed by atoms with E-state index in [4.69, 9.17) is 20.8 Å². The Morgan fingerprint density at radius 3 is 2.53 bits per heavy atom. The number of furan rings is 1. The van der Waals surface area contributed by atoms with E-state index < -0.39 is 28.5 Å². The van der Waals surface area contributed by atoms with Crippen molar-refractivity contribution in [3.8, 4) is 0 Å². The molecule has 1 aromatic heterocycles. The molecule has 0 aliphatic rings. The summed E-state index contributed by atoms with van der Waals surface area (Å²) in [6, 6.07) is 16.2. The maximum atomic E-state index is 12.9. The summed E-state index contributed by atoms with van der Waals surface area (Å²) in [7, 11) is -2.45. The van der Waals surface area contributed by atoms with Crippen molar-refractivity contribution in [3.63, 3.8) is 0 Å². The lowest BCUT2D eigenvalue weighted by Gasteiger charge is -2.18. The van der Waals surface area contributed by atoms with Crippen molar-refractivity contribution in [2.45, 2.75) is 18.0 Å². The van der Waals surface area contributed by atoms with Crippen LogP contribution in [0.15, 0.2) is 76.2 Å². The largest absolute Gasteiger partial charge is 0.467 e. The lowest BCUT2D eigenvalue weighted by atomic mass is 10.2. The molecule has 8 nitrogen and oxygen atoms in total. The number of ether oxygens (including phenoxy) is 1. The van der Waals surface area contributed by atoms with E-state index in [9.17, 15) is 18.0 Å².